The highest BCUT2D eigenvalue weighted by molar-refractivity contribution is 5.68. The Hall–Kier alpha value is -2.96. The first-order valence-electron chi connectivity index (χ1n) is 10.3. The van der Waals surface area contributed by atoms with Crippen LogP contribution in [0.5, 0.6) is 0 Å². The Bertz CT molecular complexity index is 879. The van der Waals surface area contributed by atoms with Gasteiger partial charge in [0, 0.05) is 20.3 Å². The lowest BCUT2D eigenvalue weighted by Gasteiger charge is -2.43. The number of benzene rings is 2. The van der Waals surface area contributed by atoms with Crippen molar-refractivity contribution in [2.75, 3.05) is 6.61 Å². The Kier molecular flexibility index (Phi) is 7.98. The van der Waals surface area contributed by atoms with Crippen LogP contribution in [0.2, 0.25) is 0 Å². The van der Waals surface area contributed by atoms with Crippen LogP contribution < -0.4 is 0 Å². The highest BCUT2D eigenvalue weighted by Gasteiger charge is 2.50. The number of carbonyl (C=O) groups excluding carboxylic acids is 2. The highest BCUT2D eigenvalue weighted by atomic mass is 16.6. The van der Waals surface area contributed by atoms with Gasteiger partial charge in [0.1, 0.15) is 6.10 Å². The Labute approximate surface area is 182 Å². The summed E-state index contributed by atoms with van der Waals surface area (Å²) >= 11 is 0. The molecule has 0 spiro atoms. The van der Waals surface area contributed by atoms with Crippen LogP contribution in [0.1, 0.15) is 31.4 Å². The van der Waals surface area contributed by atoms with Crippen molar-refractivity contribution in [1.29, 1.82) is 0 Å². The van der Waals surface area contributed by atoms with Crippen LogP contribution in [0.4, 0.5) is 0 Å². The third-order valence-corrected chi connectivity index (χ3v) is 4.99. The highest BCUT2D eigenvalue weighted by Crippen LogP contribution is 2.34. The van der Waals surface area contributed by atoms with E-state index in [4.69, 9.17) is 18.9 Å². The topological polar surface area (TPSA) is 71.1 Å². The van der Waals surface area contributed by atoms with E-state index in [0.29, 0.717) is 19.6 Å². The van der Waals surface area contributed by atoms with Crippen LogP contribution in [0.3, 0.4) is 0 Å². The van der Waals surface area contributed by atoms with E-state index < -0.39 is 29.7 Å². The van der Waals surface area contributed by atoms with E-state index >= 15 is 0 Å². The molecule has 0 saturated carbocycles. The Morgan fingerprint density at radius 2 is 1.52 bits per heavy atom. The third kappa shape index (κ3) is 6.51. The van der Waals surface area contributed by atoms with E-state index in [0.717, 1.165) is 11.1 Å². The molecule has 6 heteroatoms. The van der Waals surface area contributed by atoms with Crippen LogP contribution in [0.25, 0.3) is 0 Å². The van der Waals surface area contributed by atoms with Gasteiger partial charge in [0.15, 0.2) is 11.7 Å². The number of hydrogen-bond donors (Lipinski definition) is 0. The molecule has 0 aliphatic heterocycles. The van der Waals surface area contributed by atoms with E-state index in [-0.39, 0.29) is 6.61 Å². The van der Waals surface area contributed by atoms with Gasteiger partial charge in [-0.15, -0.1) is 0 Å². The fraction of sp³-hybridized carbons (Fsp3) is 0.360. The molecule has 6 nitrogen and oxygen atoms in total. The normalized spacial score (nSPS) is 22.6. The summed E-state index contributed by atoms with van der Waals surface area (Å²) in [7, 11) is 0. The lowest BCUT2D eigenvalue weighted by Crippen LogP contribution is -2.58. The van der Waals surface area contributed by atoms with Gasteiger partial charge in [-0.3, -0.25) is 9.59 Å². The molecule has 1 aliphatic carbocycles. The fourth-order valence-electron chi connectivity index (χ4n) is 3.65. The first kappa shape index (κ1) is 22.7. The molecule has 2 aromatic carbocycles. The summed E-state index contributed by atoms with van der Waals surface area (Å²) in [4.78, 5) is 23.9. The Morgan fingerprint density at radius 3 is 2.10 bits per heavy atom. The predicted octanol–water partition coefficient (Wildman–Crippen LogP) is 3.98. The zero-order chi connectivity index (χ0) is 22.1. The molecular weight excluding hydrogens is 396 g/mol. The molecule has 0 fully saturated rings. The van der Waals surface area contributed by atoms with Crippen LogP contribution >= 0.6 is 0 Å². The SMILES string of the molecule is CC(=O)O[C@H]1[C@H](OCc2ccccc2)C=CC[C@@]1(COCc1ccccc1)OC(C)=O. The lowest BCUT2D eigenvalue weighted by molar-refractivity contribution is -0.212. The van der Waals surface area contributed by atoms with Gasteiger partial charge in [0.25, 0.3) is 0 Å². The summed E-state index contributed by atoms with van der Waals surface area (Å²) in [5, 5.41) is 0. The van der Waals surface area contributed by atoms with Gasteiger partial charge in [-0.05, 0) is 11.1 Å². The van der Waals surface area contributed by atoms with Crippen LogP contribution in [-0.2, 0) is 41.8 Å². The molecular formula is C25H28O6. The minimum absolute atomic E-state index is 0.0644. The smallest absolute Gasteiger partial charge is 0.303 e. The minimum Gasteiger partial charge on any atom is -0.455 e. The summed E-state index contributed by atoms with van der Waals surface area (Å²) in [5.41, 5.74) is 0.803. The number of ether oxygens (including phenoxy) is 4. The standard InChI is InChI=1S/C25H28O6/c1-19(26)30-24-23(29-17-22-12-7-4-8-13-22)14-9-15-25(24,31-20(2)27)18-28-16-21-10-5-3-6-11-21/h3-14,23-24H,15-18H2,1-2H3/t23-,24+,25+/m1/s1. The van der Waals surface area contributed by atoms with Crippen molar-refractivity contribution in [2.24, 2.45) is 0 Å². The molecule has 0 heterocycles. The van der Waals surface area contributed by atoms with E-state index in [9.17, 15) is 9.59 Å². The Balaban J connectivity index is 1.78. The second-order valence-electron chi connectivity index (χ2n) is 7.56. The van der Waals surface area contributed by atoms with Crippen LogP contribution in [0, 0.1) is 0 Å². The second kappa shape index (κ2) is 10.9. The van der Waals surface area contributed by atoms with Gasteiger partial charge >= 0.3 is 11.9 Å². The zero-order valence-electron chi connectivity index (χ0n) is 17.9. The summed E-state index contributed by atoms with van der Waals surface area (Å²) in [5.74, 6) is -0.953. The first-order chi connectivity index (χ1) is 15.0. The number of carbonyl (C=O) groups is 2. The van der Waals surface area contributed by atoms with Crippen molar-refractivity contribution in [3.05, 3.63) is 83.9 Å². The van der Waals surface area contributed by atoms with Crippen LogP contribution in [0.15, 0.2) is 72.8 Å². The Morgan fingerprint density at radius 1 is 0.903 bits per heavy atom. The van der Waals surface area contributed by atoms with Crippen LogP contribution in [-0.4, -0.2) is 36.4 Å². The summed E-state index contributed by atoms with van der Waals surface area (Å²) < 4.78 is 23.4. The fourth-order valence-corrected chi connectivity index (χ4v) is 3.65. The van der Waals surface area contributed by atoms with E-state index in [1.165, 1.54) is 13.8 Å². The largest absolute Gasteiger partial charge is 0.455 e. The summed E-state index contributed by atoms with van der Waals surface area (Å²) in [6.07, 6.45) is 2.65. The average molecular weight is 424 g/mol. The minimum atomic E-state index is -1.18. The van der Waals surface area contributed by atoms with Crippen molar-refractivity contribution in [2.45, 2.75) is 51.3 Å². The number of hydrogen-bond acceptors (Lipinski definition) is 6. The first-order valence-corrected chi connectivity index (χ1v) is 10.3. The van der Waals surface area contributed by atoms with Gasteiger partial charge in [-0.1, -0.05) is 72.8 Å². The molecule has 0 bridgehead atoms. The van der Waals surface area contributed by atoms with Crippen molar-refractivity contribution >= 4 is 11.9 Å². The molecule has 3 rings (SSSR count). The molecule has 0 saturated heterocycles. The van der Waals surface area contributed by atoms with Crippen molar-refractivity contribution < 1.29 is 28.5 Å². The number of esters is 2. The molecule has 0 N–H and O–H groups in total. The quantitative estimate of drug-likeness (QED) is 0.448. The maximum absolute atomic E-state index is 12.0. The molecule has 31 heavy (non-hydrogen) atoms. The summed E-state index contributed by atoms with van der Waals surface area (Å²) in [6, 6.07) is 19.4. The molecule has 0 aromatic heterocycles. The molecule has 0 radical (unpaired) electrons. The molecule has 0 amide bonds. The van der Waals surface area contributed by atoms with Gasteiger partial charge in [-0.25, -0.2) is 0 Å². The molecule has 0 unspecified atom stereocenters. The molecule has 164 valence electrons. The van der Waals surface area contributed by atoms with Crippen molar-refractivity contribution in [3.8, 4) is 0 Å². The predicted molar refractivity (Wildman–Crippen MR) is 115 cm³/mol. The van der Waals surface area contributed by atoms with Gasteiger partial charge in [0.05, 0.1) is 19.8 Å². The molecule has 3 atom stereocenters. The van der Waals surface area contributed by atoms with E-state index in [2.05, 4.69) is 0 Å². The van der Waals surface area contributed by atoms with Crippen molar-refractivity contribution in [3.63, 3.8) is 0 Å². The maximum Gasteiger partial charge on any atom is 0.303 e. The maximum atomic E-state index is 12.0. The van der Waals surface area contributed by atoms with E-state index in [1.54, 1.807) is 0 Å². The second-order valence-corrected chi connectivity index (χ2v) is 7.56. The third-order valence-electron chi connectivity index (χ3n) is 4.99. The van der Waals surface area contributed by atoms with Crippen molar-refractivity contribution in [1.82, 2.24) is 0 Å². The van der Waals surface area contributed by atoms with Gasteiger partial charge in [-0.2, -0.15) is 0 Å². The molecule has 1 aliphatic rings. The van der Waals surface area contributed by atoms with E-state index in [1.807, 2.05) is 72.8 Å². The monoisotopic (exact) mass is 424 g/mol. The average Bonchev–Trinajstić information content (AvgIpc) is 2.75. The summed E-state index contributed by atoms with van der Waals surface area (Å²) in [6.45, 7) is 3.40. The number of rotatable bonds is 9. The molecule has 2 aromatic rings. The van der Waals surface area contributed by atoms with Gasteiger partial charge < -0.3 is 18.9 Å². The lowest BCUT2D eigenvalue weighted by atomic mass is 9.84. The zero-order valence-corrected chi connectivity index (χ0v) is 17.9. The van der Waals surface area contributed by atoms with Gasteiger partial charge in [0.2, 0.25) is 0 Å².